The van der Waals surface area contributed by atoms with Gasteiger partial charge in [-0.25, -0.2) is 4.79 Å². The van der Waals surface area contributed by atoms with Crippen LogP contribution < -0.4 is 4.90 Å². The maximum atomic E-state index is 11.6. The van der Waals surface area contributed by atoms with E-state index in [1.54, 1.807) is 0 Å². The van der Waals surface area contributed by atoms with Crippen molar-refractivity contribution in [1.82, 2.24) is 0 Å². The number of nitro benzene ring substituents is 1. The van der Waals surface area contributed by atoms with Gasteiger partial charge in [-0.1, -0.05) is 20.3 Å². The largest absolute Gasteiger partial charge is 0.465 e. The summed E-state index contributed by atoms with van der Waals surface area (Å²) in [6.07, 6.45) is 0.987. The number of methoxy groups -OCH3 is 1. The molecule has 0 saturated heterocycles. The minimum absolute atomic E-state index is 0.00723. The Kier molecular flexibility index (Phi) is 6.14. The minimum Gasteiger partial charge on any atom is -0.465 e. The first-order valence-electron chi connectivity index (χ1n) is 7.06. The number of nitrogens with zero attached hydrogens (tertiary/aromatic N) is 2. The molecule has 0 aliphatic rings. The highest BCUT2D eigenvalue weighted by Gasteiger charge is 2.22. The molecule has 0 aliphatic heterocycles. The van der Waals surface area contributed by atoms with E-state index < -0.39 is 10.9 Å². The third kappa shape index (κ3) is 4.18. The molecule has 0 N–H and O–H groups in total. The molecule has 0 radical (unpaired) electrons. The fourth-order valence-electron chi connectivity index (χ4n) is 2.08. The van der Waals surface area contributed by atoms with Crippen LogP contribution in [0.3, 0.4) is 0 Å². The number of anilines is 1. The van der Waals surface area contributed by atoms with E-state index in [-0.39, 0.29) is 5.69 Å². The fraction of sp³-hybridized carbons (Fsp3) is 0.533. The number of hydrogen-bond acceptors (Lipinski definition) is 5. The Hall–Kier alpha value is -2.11. The van der Waals surface area contributed by atoms with Gasteiger partial charge in [0.25, 0.3) is 5.69 Å². The van der Waals surface area contributed by atoms with Crippen molar-refractivity contribution in [3.05, 3.63) is 33.9 Å². The smallest absolute Gasteiger partial charge is 0.337 e. The second kappa shape index (κ2) is 7.61. The van der Waals surface area contributed by atoms with Gasteiger partial charge in [0, 0.05) is 19.2 Å². The Balaban J connectivity index is 3.26. The molecule has 0 spiro atoms. The molecule has 1 aromatic rings. The lowest BCUT2D eigenvalue weighted by atomic mass is 10.1. The van der Waals surface area contributed by atoms with Gasteiger partial charge in [0.15, 0.2) is 0 Å². The number of esters is 1. The van der Waals surface area contributed by atoms with Crippen molar-refractivity contribution in [1.29, 1.82) is 0 Å². The van der Waals surface area contributed by atoms with Gasteiger partial charge < -0.3 is 9.64 Å². The van der Waals surface area contributed by atoms with Crippen LogP contribution in [0.2, 0.25) is 0 Å². The van der Waals surface area contributed by atoms with E-state index in [0.717, 1.165) is 6.42 Å². The van der Waals surface area contributed by atoms with Crippen molar-refractivity contribution >= 4 is 17.3 Å². The second-order valence-electron chi connectivity index (χ2n) is 5.00. The van der Waals surface area contributed by atoms with Crippen LogP contribution in [0.5, 0.6) is 0 Å². The lowest BCUT2D eigenvalue weighted by molar-refractivity contribution is -0.384. The van der Waals surface area contributed by atoms with Crippen LogP contribution in [-0.4, -0.2) is 31.1 Å². The van der Waals surface area contributed by atoms with E-state index in [0.29, 0.717) is 30.3 Å². The highest BCUT2D eigenvalue weighted by molar-refractivity contribution is 5.91. The molecular weight excluding hydrogens is 272 g/mol. The summed E-state index contributed by atoms with van der Waals surface area (Å²) < 4.78 is 4.68. The monoisotopic (exact) mass is 294 g/mol. The number of carbonyl (C=O) groups excluding carboxylic acids is 1. The maximum absolute atomic E-state index is 11.6. The zero-order valence-corrected chi connectivity index (χ0v) is 13.0. The summed E-state index contributed by atoms with van der Waals surface area (Å²) in [4.78, 5) is 24.3. The van der Waals surface area contributed by atoms with Gasteiger partial charge in [0.2, 0.25) is 0 Å². The van der Waals surface area contributed by atoms with Crippen molar-refractivity contribution in [3.63, 3.8) is 0 Å². The molecule has 1 unspecified atom stereocenters. The number of carbonyl (C=O) groups is 1. The molecule has 0 aromatic heterocycles. The van der Waals surface area contributed by atoms with Gasteiger partial charge in [-0.2, -0.15) is 0 Å². The molecule has 6 heteroatoms. The predicted octanol–water partition coefficient (Wildman–Crippen LogP) is 3.25. The zero-order chi connectivity index (χ0) is 16.0. The molecule has 0 bridgehead atoms. The van der Waals surface area contributed by atoms with Crippen molar-refractivity contribution in [2.45, 2.75) is 27.2 Å². The van der Waals surface area contributed by atoms with Gasteiger partial charge in [-0.05, 0) is 25.0 Å². The summed E-state index contributed by atoms with van der Waals surface area (Å²) in [5.74, 6) is -0.0860. The third-order valence-corrected chi connectivity index (χ3v) is 3.54. The molecule has 0 saturated carbocycles. The summed E-state index contributed by atoms with van der Waals surface area (Å²) in [6.45, 7) is 7.46. The van der Waals surface area contributed by atoms with Gasteiger partial charge in [0.05, 0.1) is 17.6 Å². The summed E-state index contributed by atoms with van der Waals surface area (Å²) in [5.41, 5.74) is 0.791. The molecule has 1 rings (SSSR count). The van der Waals surface area contributed by atoms with Crippen LogP contribution in [0.15, 0.2) is 18.2 Å². The topological polar surface area (TPSA) is 72.7 Å². The van der Waals surface area contributed by atoms with E-state index in [1.165, 1.54) is 25.3 Å². The molecule has 6 nitrogen and oxygen atoms in total. The highest BCUT2D eigenvalue weighted by atomic mass is 16.6. The SMILES string of the molecule is CCC(C)CN(CC)c1cc(C(=O)OC)ccc1[N+](=O)[O-]. The Labute approximate surface area is 124 Å². The van der Waals surface area contributed by atoms with Gasteiger partial charge in [0.1, 0.15) is 5.69 Å². The first-order valence-corrected chi connectivity index (χ1v) is 7.06. The fourth-order valence-corrected chi connectivity index (χ4v) is 2.08. The number of ether oxygens (including phenoxy) is 1. The molecule has 1 atom stereocenters. The predicted molar refractivity (Wildman–Crippen MR) is 81.8 cm³/mol. The molecule has 116 valence electrons. The van der Waals surface area contributed by atoms with Crippen LogP contribution in [0.25, 0.3) is 0 Å². The van der Waals surface area contributed by atoms with Gasteiger partial charge in [-0.15, -0.1) is 0 Å². The normalized spacial score (nSPS) is 11.8. The zero-order valence-electron chi connectivity index (χ0n) is 13.0. The molecule has 0 aliphatic carbocycles. The van der Waals surface area contributed by atoms with Crippen LogP contribution >= 0.6 is 0 Å². The van der Waals surface area contributed by atoms with Crippen LogP contribution in [0.1, 0.15) is 37.6 Å². The number of hydrogen-bond donors (Lipinski definition) is 0. The van der Waals surface area contributed by atoms with Crippen LogP contribution in [0.4, 0.5) is 11.4 Å². The minimum atomic E-state index is -0.495. The average Bonchev–Trinajstić information content (AvgIpc) is 2.50. The van der Waals surface area contributed by atoms with Crippen LogP contribution in [0, 0.1) is 16.0 Å². The number of nitro groups is 1. The quantitative estimate of drug-likeness (QED) is 0.438. The Morgan fingerprint density at radius 3 is 2.57 bits per heavy atom. The molecule has 0 heterocycles. The van der Waals surface area contributed by atoms with E-state index in [4.69, 9.17) is 0 Å². The number of rotatable bonds is 7. The molecule has 21 heavy (non-hydrogen) atoms. The van der Waals surface area contributed by atoms with Crippen molar-refractivity contribution < 1.29 is 14.5 Å². The first-order chi connectivity index (χ1) is 9.94. The Morgan fingerprint density at radius 1 is 1.43 bits per heavy atom. The lowest BCUT2D eigenvalue weighted by Gasteiger charge is -2.26. The van der Waals surface area contributed by atoms with Gasteiger partial charge in [-0.3, -0.25) is 10.1 Å². The summed E-state index contributed by atoms with van der Waals surface area (Å²) in [7, 11) is 1.29. The summed E-state index contributed by atoms with van der Waals surface area (Å²) in [5, 5.41) is 11.2. The van der Waals surface area contributed by atoms with Crippen molar-refractivity contribution in [2.24, 2.45) is 5.92 Å². The maximum Gasteiger partial charge on any atom is 0.337 e. The summed E-state index contributed by atoms with van der Waals surface area (Å²) >= 11 is 0. The van der Waals surface area contributed by atoms with Gasteiger partial charge >= 0.3 is 5.97 Å². The van der Waals surface area contributed by atoms with Crippen molar-refractivity contribution in [2.75, 3.05) is 25.1 Å². The Bertz CT molecular complexity index is 516. The van der Waals surface area contributed by atoms with E-state index >= 15 is 0 Å². The highest BCUT2D eigenvalue weighted by Crippen LogP contribution is 2.30. The van der Waals surface area contributed by atoms with Crippen LogP contribution in [-0.2, 0) is 4.74 Å². The van der Waals surface area contributed by atoms with E-state index in [1.807, 2.05) is 11.8 Å². The summed E-state index contributed by atoms with van der Waals surface area (Å²) in [6, 6.07) is 4.32. The molecule has 1 aromatic carbocycles. The third-order valence-electron chi connectivity index (χ3n) is 3.54. The molecule has 0 fully saturated rings. The molecule has 0 amide bonds. The standard InChI is InChI=1S/C15H22N2O4/c1-5-11(3)10-16(6-2)14-9-12(15(18)21-4)7-8-13(14)17(19)20/h7-9,11H,5-6,10H2,1-4H3. The van der Waals surface area contributed by atoms with E-state index in [9.17, 15) is 14.9 Å². The number of benzene rings is 1. The molecular formula is C15H22N2O4. The van der Waals surface area contributed by atoms with E-state index in [2.05, 4.69) is 18.6 Å². The first kappa shape index (κ1) is 16.9. The Morgan fingerprint density at radius 2 is 2.10 bits per heavy atom. The second-order valence-corrected chi connectivity index (χ2v) is 5.00. The average molecular weight is 294 g/mol. The lowest BCUT2D eigenvalue weighted by Crippen LogP contribution is -2.29. The van der Waals surface area contributed by atoms with Crippen molar-refractivity contribution in [3.8, 4) is 0 Å².